The monoisotopic (exact) mass is 219 g/mol. The predicted molar refractivity (Wildman–Crippen MR) is 54.7 cm³/mol. The van der Waals surface area contributed by atoms with Crippen LogP contribution in [0.5, 0.6) is 0 Å². The Kier molecular flexibility index (Phi) is 3.32. The van der Waals surface area contributed by atoms with Crippen molar-refractivity contribution in [2.45, 2.75) is 38.1 Å². The molecule has 0 radical (unpaired) electrons. The number of carbonyl (C=O) groups is 1. The molecule has 1 aliphatic carbocycles. The molecule has 0 atom stereocenters. The van der Waals surface area contributed by atoms with Crippen LogP contribution in [0.1, 0.15) is 32.6 Å². The Hall–Kier alpha value is -0.420. The molecule has 14 heavy (non-hydrogen) atoms. The van der Waals surface area contributed by atoms with Gasteiger partial charge in [0, 0.05) is 12.2 Å². The summed E-state index contributed by atoms with van der Waals surface area (Å²) in [6, 6.07) is 0. The van der Waals surface area contributed by atoms with Gasteiger partial charge in [-0.2, -0.15) is 0 Å². The minimum atomic E-state index is -3.04. The van der Waals surface area contributed by atoms with E-state index in [2.05, 4.69) is 0 Å². The fourth-order valence-electron chi connectivity index (χ4n) is 1.48. The van der Waals surface area contributed by atoms with Gasteiger partial charge in [-0.15, -0.1) is 0 Å². The van der Waals surface area contributed by atoms with Crippen LogP contribution >= 0.6 is 0 Å². The van der Waals surface area contributed by atoms with Crippen LogP contribution < -0.4 is 5.73 Å². The van der Waals surface area contributed by atoms with Gasteiger partial charge in [0.25, 0.3) is 0 Å². The van der Waals surface area contributed by atoms with Gasteiger partial charge in [-0.3, -0.25) is 4.79 Å². The number of Topliss-reactive ketones (excluding diaryl/α,β-unsaturated/α-hetero) is 1. The van der Waals surface area contributed by atoms with E-state index in [-0.39, 0.29) is 23.7 Å². The molecule has 0 aromatic heterocycles. The van der Waals surface area contributed by atoms with Crippen LogP contribution in [0, 0.1) is 0 Å². The first-order chi connectivity index (χ1) is 6.40. The van der Waals surface area contributed by atoms with E-state index >= 15 is 0 Å². The molecule has 5 heteroatoms. The number of carbonyl (C=O) groups excluding carboxylic acids is 1. The normalized spacial score (nSPS) is 20.1. The van der Waals surface area contributed by atoms with Crippen molar-refractivity contribution in [2.24, 2.45) is 5.73 Å². The van der Waals surface area contributed by atoms with Crippen molar-refractivity contribution >= 4 is 15.6 Å². The maximum atomic E-state index is 11.5. The molecular formula is C9H17NO3S. The average molecular weight is 219 g/mol. The summed E-state index contributed by atoms with van der Waals surface area (Å²) in [6.07, 6.45) is 2.46. The van der Waals surface area contributed by atoms with Gasteiger partial charge in [0.1, 0.15) is 9.84 Å². The fourth-order valence-corrected chi connectivity index (χ4v) is 2.26. The molecule has 0 aromatic carbocycles. The average Bonchev–Trinajstić information content (AvgIpc) is 2.10. The minimum Gasteiger partial charge on any atom is -0.319 e. The van der Waals surface area contributed by atoms with Crippen molar-refractivity contribution in [1.82, 2.24) is 0 Å². The van der Waals surface area contributed by atoms with Crippen LogP contribution in [0.4, 0.5) is 0 Å². The summed E-state index contributed by atoms with van der Waals surface area (Å²) in [5, 5.41) is 0. The van der Waals surface area contributed by atoms with Crippen LogP contribution in [0.25, 0.3) is 0 Å². The third kappa shape index (κ3) is 2.54. The van der Waals surface area contributed by atoms with Gasteiger partial charge in [-0.1, -0.05) is 6.92 Å². The zero-order valence-electron chi connectivity index (χ0n) is 8.45. The molecule has 0 heterocycles. The highest BCUT2D eigenvalue weighted by molar-refractivity contribution is 7.91. The van der Waals surface area contributed by atoms with Crippen LogP contribution in [0.2, 0.25) is 0 Å². The van der Waals surface area contributed by atoms with Crippen LogP contribution in [-0.4, -0.2) is 31.2 Å². The maximum absolute atomic E-state index is 11.5. The molecule has 0 spiro atoms. The molecule has 82 valence electrons. The van der Waals surface area contributed by atoms with Gasteiger partial charge in [-0.25, -0.2) is 8.42 Å². The summed E-state index contributed by atoms with van der Waals surface area (Å²) in [5.74, 6) is -0.0557. The van der Waals surface area contributed by atoms with Crippen molar-refractivity contribution in [2.75, 3.05) is 11.5 Å². The summed E-state index contributed by atoms with van der Waals surface area (Å²) in [4.78, 5) is 11.5. The molecule has 0 aliphatic heterocycles. The van der Waals surface area contributed by atoms with E-state index in [1.54, 1.807) is 6.92 Å². The van der Waals surface area contributed by atoms with Crippen molar-refractivity contribution in [1.29, 1.82) is 0 Å². The molecule has 1 aliphatic rings. The Balaban J connectivity index is 2.43. The molecule has 1 rings (SSSR count). The van der Waals surface area contributed by atoms with Crippen LogP contribution in [-0.2, 0) is 14.6 Å². The summed E-state index contributed by atoms with van der Waals surface area (Å²) >= 11 is 0. The van der Waals surface area contributed by atoms with Crippen molar-refractivity contribution < 1.29 is 13.2 Å². The number of sulfone groups is 1. The molecule has 2 N–H and O–H groups in total. The summed E-state index contributed by atoms with van der Waals surface area (Å²) in [5.41, 5.74) is 5.07. The first-order valence-electron chi connectivity index (χ1n) is 4.92. The molecule has 4 nitrogen and oxygen atoms in total. The topological polar surface area (TPSA) is 77.2 Å². The van der Waals surface area contributed by atoms with E-state index in [0.29, 0.717) is 12.8 Å². The van der Waals surface area contributed by atoms with Gasteiger partial charge >= 0.3 is 0 Å². The highest BCUT2D eigenvalue weighted by Gasteiger charge is 2.39. The number of nitrogens with two attached hydrogens (primary N) is 1. The van der Waals surface area contributed by atoms with Crippen LogP contribution in [0.3, 0.4) is 0 Å². The lowest BCUT2D eigenvalue weighted by Gasteiger charge is -2.36. The number of hydrogen-bond acceptors (Lipinski definition) is 4. The Morgan fingerprint density at radius 2 is 2.00 bits per heavy atom. The van der Waals surface area contributed by atoms with Crippen molar-refractivity contribution in [3.8, 4) is 0 Å². The third-order valence-corrected chi connectivity index (χ3v) is 4.59. The standard InChI is InChI=1S/C9H17NO3S/c1-2-14(12,13)7-4-8(11)9(10)5-3-6-9/h2-7,10H2,1H3. The van der Waals surface area contributed by atoms with E-state index in [9.17, 15) is 13.2 Å². The smallest absolute Gasteiger partial charge is 0.153 e. The lowest BCUT2D eigenvalue weighted by molar-refractivity contribution is -0.126. The van der Waals surface area contributed by atoms with E-state index in [1.807, 2.05) is 0 Å². The molecule has 0 aromatic rings. The second-order valence-corrected chi connectivity index (χ2v) is 6.39. The largest absolute Gasteiger partial charge is 0.319 e. The zero-order valence-corrected chi connectivity index (χ0v) is 9.27. The molecule has 0 amide bonds. The number of ketones is 1. The second kappa shape index (κ2) is 3.98. The maximum Gasteiger partial charge on any atom is 0.153 e. The van der Waals surface area contributed by atoms with E-state index in [0.717, 1.165) is 6.42 Å². The summed E-state index contributed by atoms with van der Waals surface area (Å²) in [7, 11) is -3.04. The van der Waals surface area contributed by atoms with Gasteiger partial charge in [-0.05, 0) is 19.3 Å². The van der Waals surface area contributed by atoms with Gasteiger partial charge < -0.3 is 5.73 Å². The zero-order chi connectivity index (χ0) is 10.8. The SMILES string of the molecule is CCS(=O)(=O)CCC(=O)C1(N)CCC1. The Labute approximate surface area is 84.8 Å². The Morgan fingerprint density at radius 1 is 1.43 bits per heavy atom. The lowest BCUT2D eigenvalue weighted by atomic mass is 9.74. The van der Waals surface area contributed by atoms with Crippen LogP contribution in [0.15, 0.2) is 0 Å². The highest BCUT2D eigenvalue weighted by Crippen LogP contribution is 2.30. The van der Waals surface area contributed by atoms with Gasteiger partial charge in [0.2, 0.25) is 0 Å². The highest BCUT2D eigenvalue weighted by atomic mass is 32.2. The molecular weight excluding hydrogens is 202 g/mol. The second-order valence-electron chi connectivity index (χ2n) is 3.92. The van der Waals surface area contributed by atoms with Crippen molar-refractivity contribution in [3.05, 3.63) is 0 Å². The Bertz CT molecular complexity index is 317. The molecule has 1 fully saturated rings. The number of hydrogen-bond donors (Lipinski definition) is 1. The van der Waals surface area contributed by atoms with E-state index in [4.69, 9.17) is 5.73 Å². The van der Waals surface area contributed by atoms with Crippen molar-refractivity contribution in [3.63, 3.8) is 0 Å². The third-order valence-electron chi connectivity index (χ3n) is 2.88. The molecule has 0 bridgehead atoms. The summed E-state index contributed by atoms with van der Waals surface area (Å²) in [6.45, 7) is 1.58. The summed E-state index contributed by atoms with van der Waals surface area (Å²) < 4.78 is 22.3. The lowest BCUT2D eigenvalue weighted by Crippen LogP contribution is -2.53. The molecule has 1 saturated carbocycles. The van der Waals surface area contributed by atoms with Gasteiger partial charge in [0.05, 0.1) is 11.3 Å². The molecule has 0 unspecified atom stereocenters. The fraction of sp³-hybridized carbons (Fsp3) is 0.889. The first-order valence-corrected chi connectivity index (χ1v) is 6.74. The number of rotatable bonds is 5. The van der Waals surface area contributed by atoms with E-state index in [1.165, 1.54) is 0 Å². The Morgan fingerprint density at radius 3 is 2.36 bits per heavy atom. The minimum absolute atomic E-state index is 0.0543. The first kappa shape index (κ1) is 11.7. The van der Waals surface area contributed by atoms with Gasteiger partial charge in [0.15, 0.2) is 5.78 Å². The quantitative estimate of drug-likeness (QED) is 0.719. The van der Waals surface area contributed by atoms with E-state index < -0.39 is 15.4 Å². The molecule has 0 saturated heterocycles. The predicted octanol–water partition coefficient (Wildman–Crippen LogP) is 0.262.